The molecule has 1 aromatic carbocycles. The lowest BCUT2D eigenvalue weighted by Crippen LogP contribution is -2.35. The van der Waals surface area contributed by atoms with Crippen molar-refractivity contribution in [2.75, 3.05) is 44.7 Å². The van der Waals surface area contributed by atoms with E-state index < -0.39 is 0 Å². The van der Waals surface area contributed by atoms with Gasteiger partial charge in [0.15, 0.2) is 0 Å². The molecule has 2 heterocycles. The molecule has 1 atom stereocenters. The summed E-state index contributed by atoms with van der Waals surface area (Å²) in [6.07, 6.45) is 6.47. The number of carbonyl (C=O) groups excluding carboxylic acids is 2. The summed E-state index contributed by atoms with van der Waals surface area (Å²) in [4.78, 5) is 29.1. The van der Waals surface area contributed by atoms with Crippen molar-refractivity contribution in [3.05, 3.63) is 24.3 Å². The van der Waals surface area contributed by atoms with Crippen molar-refractivity contribution in [1.82, 2.24) is 10.2 Å². The number of nitrogens with zero attached hydrogens (tertiary/aromatic N) is 2. The number of benzene rings is 1. The highest BCUT2D eigenvalue weighted by Crippen LogP contribution is 2.32. The molecule has 6 heteroatoms. The van der Waals surface area contributed by atoms with E-state index in [0.717, 1.165) is 18.7 Å². The smallest absolute Gasteiger partial charge is 0.227 e. The van der Waals surface area contributed by atoms with Gasteiger partial charge in [0.1, 0.15) is 5.75 Å². The third-order valence-electron chi connectivity index (χ3n) is 5.52. The molecule has 0 aromatic heterocycles. The Morgan fingerprint density at radius 1 is 1.19 bits per heavy atom. The van der Waals surface area contributed by atoms with Crippen molar-refractivity contribution in [3.8, 4) is 5.75 Å². The van der Waals surface area contributed by atoms with Crippen molar-refractivity contribution < 1.29 is 14.3 Å². The molecule has 2 saturated heterocycles. The fourth-order valence-electron chi connectivity index (χ4n) is 3.99. The van der Waals surface area contributed by atoms with E-state index in [4.69, 9.17) is 4.74 Å². The summed E-state index contributed by atoms with van der Waals surface area (Å²) in [5.74, 6) is 0.325. The number of ether oxygens (including phenoxy) is 1. The Bertz CT molecular complexity index is 641. The lowest BCUT2D eigenvalue weighted by atomic mass is 10.1. The molecular weight excluding hydrogens is 342 g/mol. The number of para-hydroxylation sites is 2. The number of rotatable bonds is 7. The van der Waals surface area contributed by atoms with Crippen molar-refractivity contribution in [3.63, 3.8) is 0 Å². The molecule has 0 aliphatic carbocycles. The Balaban J connectivity index is 1.45. The summed E-state index contributed by atoms with van der Waals surface area (Å²) in [5.41, 5.74) is 0.737. The number of likely N-dealkylation sites (tertiary alicyclic amines) is 1. The average Bonchev–Trinajstić information content (AvgIpc) is 2.90. The van der Waals surface area contributed by atoms with Crippen LogP contribution in [-0.2, 0) is 9.59 Å². The van der Waals surface area contributed by atoms with Gasteiger partial charge in [-0.3, -0.25) is 9.59 Å². The number of nitrogens with one attached hydrogen (secondary N) is 1. The lowest BCUT2D eigenvalue weighted by molar-refractivity contribution is -0.126. The summed E-state index contributed by atoms with van der Waals surface area (Å²) >= 11 is 0. The van der Waals surface area contributed by atoms with Crippen LogP contribution in [0.5, 0.6) is 5.75 Å². The van der Waals surface area contributed by atoms with E-state index in [2.05, 4.69) is 10.2 Å². The van der Waals surface area contributed by atoms with Crippen molar-refractivity contribution >= 4 is 17.5 Å². The van der Waals surface area contributed by atoms with Gasteiger partial charge in [-0.05, 0) is 51.0 Å². The molecule has 148 valence electrons. The number of anilines is 1. The zero-order valence-corrected chi connectivity index (χ0v) is 16.3. The molecule has 6 nitrogen and oxygen atoms in total. The molecule has 3 rings (SSSR count). The minimum absolute atomic E-state index is 0.0170. The maximum absolute atomic E-state index is 12.5. The maximum Gasteiger partial charge on any atom is 0.227 e. The van der Waals surface area contributed by atoms with Gasteiger partial charge in [0.05, 0.1) is 18.7 Å². The van der Waals surface area contributed by atoms with E-state index in [-0.39, 0.29) is 24.2 Å². The number of methoxy groups -OCH3 is 1. The Hall–Kier alpha value is -2.08. The Morgan fingerprint density at radius 2 is 1.93 bits per heavy atom. The highest BCUT2D eigenvalue weighted by atomic mass is 16.5. The van der Waals surface area contributed by atoms with Gasteiger partial charge in [0, 0.05) is 19.5 Å². The maximum atomic E-state index is 12.5. The second-order valence-corrected chi connectivity index (χ2v) is 7.48. The summed E-state index contributed by atoms with van der Waals surface area (Å²) in [7, 11) is 1.59. The van der Waals surface area contributed by atoms with Crippen LogP contribution in [0.25, 0.3) is 0 Å². The van der Waals surface area contributed by atoms with Crippen LogP contribution in [0, 0.1) is 5.92 Å². The molecule has 27 heavy (non-hydrogen) atoms. The zero-order chi connectivity index (χ0) is 19.1. The van der Waals surface area contributed by atoms with E-state index in [9.17, 15) is 9.59 Å². The van der Waals surface area contributed by atoms with Gasteiger partial charge >= 0.3 is 0 Å². The molecule has 1 N–H and O–H groups in total. The number of hydrogen-bond acceptors (Lipinski definition) is 4. The number of amides is 2. The molecule has 1 unspecified atom stereocenters. The van der Waals surface area contributed by atoms with Crippen molar-refractivity contribution in [2.24, 2.45) is 5.92 Å². The predicted octanol–water partition coefficient (Wildman–Crippen LogP) is 2.43. The lowest BCUT2D eigenvalue weighted by Gasteiger charge is -2.20. The van der Waals surface area contributed by atoms with Crippen LogP contribution in [0.2, 0.25) is 0 Å². The fourth-order valence-corrected chi connectivity index (χ4v) is 3.99. The van der Waals surface area contributed by atoms with Gasteiger partial charge in [-0.25, -0.2) is 0 Å². The van der Waals surface area contributed by atoms with E-state index in [1.165, 1.54) is 38.8 Å². The highest BCUT2D eigenvalue weighted by molar-refractivity contribution is 6.01. The molecule has 2 aliphatic rings. The Morgan fingerprint density at radius 3 is 2.67 bits per heavy atom. The summed E-state index contributed by atoms with van der Waals surface area (Å²) in [6, 6.07) is 7.44. The Kier molecular flexibility index (Phi) is 7.10. The molecule has 2 amide bonds. The fraction of sp³-hybridized carbons (Fsp3) is 0.619. The van der Waals surface area contributed by atoms with E-state index in [0.29, 0.717) is 18.8 Å². The van der Waals surface area contributed by atoms with Crippen LogP contribution in [0.15, 0.2) is 24.3 Å². The number of hydrogen-bond donors (Lipinski definition) is 1. The first kappa shape index (κ1) is 19.7. The zero-order valence-electron chi connectivity index (χ0n) is 16.3. The molecular formula is C21H31N3O3. The minimum Gasteiger partial charge on any atom is -0.495 e. The molecule has 0 saturated carbocycles. The molecule has 2 aliphatic heterocycles. The van der Waals surface area contributed by atoms with Crippen LogP contribution < -0.4 is 15.0 Å². The second-order valence-electron chi connectivity index (χ2n) is 7.48. The van der Waals surface area contributed by atoms with E-state index in [1.54, 1.807) is 12.0 Å². The molecule has 0 spiro atoms. The minimum atomic E-state index is -0.291. The van der Waals surface area contributed by atoms with Crippen LogP contribution in [0.1, 0.15) is 38.5 Å². The summed E-state index contributed by atoms with van der Waals surface area (Å²) in [6.45, 7) is 4.49. The quantitative estimate of drug-likeness (QED) is 0.746. The van der Waals surface area contributed by atoms with E-state index in [1.807, 2.05) is 24.3 Å². The largest absolute Gasteiger partial charge is 0.495 e. The first-order valence-electron chi connectivity index (χ1n) is 10.1. The highest BCUT2D eigenvalue weighted by Gasteiger charge is 2.36. The monoisotopic (exact) mass is 373 g/mol. The second kappa shape index (κ2) is 9.74. The van der Waals surface area contributed by atoms with Crippen LogP contribution >= 0.6 is 0 Å². The van der Waals surface area contributed by atoms with Gasteiger partial charge in [-0.15, -0.1) is 0 Å². The number of carbonyl (C=O) groups is 2. The van der Waals surface area contributed by atoms with E-state index >= 15 is 0 Å². The molecule has 0 bridgehead atoms. The van der Waals surface area contributed by atoms with Gasteiger partial charge in [0.2, 0.25) is 11.8 Å². The normalized spacial score (nSPS) is 21.1. The van der Waals surface area contributed by atoms with Crippen molar-refractivity contribution in [1.29, 1.82) is 0 Å². The van der Waals surface area contributed by atoms with Crippen molar-refractivity contribution in [2.45, 2.75) is 38.5 Å². The van der Waals surface area contributed by atoms with Crippen LogP contribution in [-0.4, -0.2) is 56.5 Å². The standard InChI is InChI=1S/C21H31N3O3/c1-27-19-10-5-4-9-18(19)24-16-17(15-20(24)25)21(26)22-11-8-14-23-12-6-2-3-7-13-23/h4-5,9-10,17H,2-3,6-8,11-16H2,1H3,(H,22,26). The summed E-state index contributed by atoms with van der Waals surface area (Å²) < 4.78 is 5.35. The Labute approximate surface area is 161 Å². The van der Waals surface area contributed by atoms with Gasteiger partial charge in [-0.2, -0.15) is 0 Å². The summed E-state index contributed by atoms with van der Waals surface area (Å²) in [5, 5.41) is 3.03. The third kappa shape index (κ3) is 5.22. The van der Waals surface area contributed by atoms with Gasteiger partial charge < -0.3 is 19.9 Å². The predicted molar refractivity (Wildman–Crippen MR) is 106 cm³/mol. The van der Waals surface area contributed by atoms with Crippen LogP contribution in [0.4, 0.5) is 5.69 Å². The topological polar surface area (TPSA) is 61.9 Å². The molecule has 1 aromatic rings. The SMILES string of the molecule is COc1ccccc1N1CC(C(=O)NCCCN2CCCCCC2)CC1=O. The molecule has 0 radical (unpaired) electrons. The molecule has 2 fully saturated rings. The first-order chi connectivity index (χ1) is 13.2. The first-order valence-corrected chi connectivity index (χ1v) is 10.1. The van der Waals surface area contributed by atoms with Gasteiger partial charge in [-0.1, -0.05) is 25.0 Å². The average molecular weight is 373 g/mol. The third-order valence-corrected chi connectivity index (χ3v) is 5.52. The van der Waals surface area contributed by atoms with Crippen LogP contribution in [0.3, 0.4) is 0 Å². The van der Waals surface area contributed by atoms with Gasteiger partial charge in [0.25, 0.3) is 0 Å².